The Labute approximate surface area is 143 Å². The van der Waals surface area contributed by atoms with Crippen molar-refractivity contribution in [3.05, 3.63) is 47.4 Å². The van der Waals surface area contributed by atoms with Crippen molar-refractivity contribution >= 4 is 17.4 Å². The van der Waals surface area contributed by atoms with Crippen molar-refractivity contribution in [1.29, 1.82) is 0 Å². The van der Waals surface area contributed by atoms with Gasteiger partial charge in [0.15, 0.2) is 0 Å². The number of amides is 1. The van der Waals surface area contributed by atoms with Gasteiger partial charge in [0.25, 0.3) is 5.91 Å². The van der Waals surface area contributed by atoms with Crippen molar-refractivity contribution in [3.8, 4) is 0 Å². The fraction of sp³-hybridized carbons (Fsp3) is 0.421. The molecule has 1 amide bonds. The molecule has 5 heteroatoms. The van der Waals surface area contributed by atoms with E-state index in [9.17, 15) is 4.79 Å². The lowest BCUT2D eigenvalue weighted by Crippen LogP contribution is -2.26. The molecule has 1 aromatic carbocycles. The van der Waals surface area contributed by atoms with Crippen LogP contribution in [0.3, 0.4) is 0 Å². The Kier molecular flexibility index (Phi) is 6.29. The first-order valence-corrected chi connectivity index (χ1v) is 8.47. The number of aromatic nitrogens is 2. The summed E-state index contributed by atoms with van der Waals surface area (Å²) in [5, 5.41) is 6.14. The number of hydrogen-bond acceptors (Lipinski definition) is 4. The third-order valence-electron chi connectivity index (χ3n) is 3.71. The highest BCUT2D eigenvalue weighted by molar-refractivity contribution is 5.93. The molecular formula is C19H26N4O. The number of carbonyl (C=O) groups is 1. The Morgan fingerprint density at radius 2 is 1.88 bits per heavy atom. The highest BCUT2D eigenvalue weighted by Crippen LogP contribution is 2.16. The van der Waals surface area contributed by atoms with Gasteiger partial charge in [0.1, 0.15) is 17.3 Å². The molecule has 0 spiro atoms. The molecule has 1 aromatic heterocycles. The van der Waals surface area contributed by atoms with Crippen LogP contribution >= 0.6 is 0 Å². The molecule has 0 saturated heterocycles. The number of anilines is 2. The first kappa shape index (κ1) is 17.9. The molecule has 2 aromatic rings. The van der Waals surface area contributed by atoms with E-state index in [1.165, 1.54) is 5.56 Å². The Balaban J connectivity index is 2.08. The molecule has 2 rings (SSSR count). The van der Waals surface area contributed by atoms with Crippen molar-refractivity contribution in [2.24, 2.45) is 5.92 Å². The summed E-state index contributed by atoms with van der Waals surface area (Å²) < 4.78 is 0. The van der Waals surface area contributed by atoms with E-state index < -0.39 is 0 Å². The summed E-state index contributed by atoms with van der Waals surface area (Å²) >= 11 is 0. The average molecular weight is 326 g/mol. The molecule has 128 valence electrons. The van der Waals surface area contributed by atoms with Crippen molar-refractivity contribution < 1.29 is 4.79 Å². The first-order valence-electron chi connectivity index (χ1n) is 8.47. The van der Waals surface area contributed by atoms with E-state index in [1.807, 2.05) is 12.1 Å². The van der Waals surface area contributed by atoms with Gasteiger partial charge in [-0.25, -0.2) is 9.97 Å². The largest absolute Gasteiger partial charge is 0.351 e. The second-order valence-electron chi connectivity index (χ2n) is 6.30. The summed E-state index contributed by atoms with van der Waals surface area (Å²) in [5.74, 6) is 1.59. The maximum atomic E-state index is 12.2. The van der Waals surface area contributed by atoms with Crippen LogP contribution in [-0.2, 0) is 6.42 Å². The van der Waals surface area contributed by atoms with Crippen molar-refractivity contribution in [2.75, 3.05) is 11.9 Å². The first-order chi connectivity index (χ1) is 11.5. The van der Waals surface area contributed by atoms with Crippen LogP contribution in [0.25, 0.3) is 0 Å². The van der Waals surface area contributed by atoms with Crippen LogP contribution in [0.1, 0.15) is 49.1 Å². The molecule has 1 heterocycles. The summed E-state index contributed by atoms with van der Waals surface area (Å²) in [6, 6.07) is 9.87. The van der Waals surface area contributed by atoms with Crippen LogP contribution in [0.15, 0.2) is 30.3 Å². The number of hydrogen-bond donors (Lipinski definition) is 2. The molecule has 0 radical (unpaired) electrons. The molecule has 0 bridgehead atoms. The van der Waals surface area contributed by atoms with Crippen molar-refractivity contribution in [2.45, 2.75) is 40.5 Å². The van der Waals surface area contributed by atoms with Gasteiger partial charge in [-0.15, -0.1) is 0 Å². The maximum absolute atomic E-state index is 12.2. The smallest absolute Gasteiger partial charge is 0.270 e. The zero-order chi connectivity index (χ0) is 17.5. The van der Waals surface area contributed by atoms with E-state index in [2.05, 4.69) is 53.5 Å². The lowest BCUT2D eigenvalue weighted by Gasteiger charge is -2.10. The SMILES string of the molecule is CCc1ccc(Nc2cc(C(=O)NCCC(C)C)nc(C)n2)cc1. The summed E-state index contributed by atoms with van der Waals surface area (Å²) in [6.45, 7) is 8.83. The van der Waals surface area contributed by atoms with Gasteiger partial charge in [0.05, 0.1) is 0 Å². The fourth-order valence-corrected chi connectivity index (χ4v) is 2.28. The number of benzene rings is 1. The topological polar surface area (TPSA) is 66.9 Å². The Bertz CT molecular complexity index is 680. The Morgan fingerprint density at radius 1 is 1.17 bits per heavy atom. The van der Waals surface area contributed by atoms with Crippen LogP contribution in [0.2, 0.25) is 0 Å². The van der Waals surface area contributed by atoms with Gasteiger partial charge in [0, 0.05) is 18.3 Å². The molecule has 2 N–H and O–H groups in total. The molecule has 5 nitrogen and oxygen atoms in total. The van der Waals surface area contributed by atoms with Gasteiger partial charge in [-0.05, 0) is 43.4 Å². The number of carbonyl (C=O) groups excluding carboxylic acids is 1. The molecule has 0 aliphatic rings. The van der Waals surface area contributed by atoms with Gasteiger partial charge in [-0.2, -0.15) is 0 Å². The highest BCUT2D eigenvalue weighted by atomic mass is 16.1. The Hall–Kier alpha value is -2.43. The predicted molar refractivity (Wildman–Crippen MR) is 97.7 cm³/mol. The van der Waals surface area contributed by atoms with Gasteiger partial charge < -0.3 is 10.6 Å². The standard InChI is InChI=1S/C19H26N4O/c1-5-15-6-8-16(9-7-15)23-18-12-17(21-14(4)22-18)19(24)20-11-10-13(2)3/h6-9,12-13H,5,10-11H2,1-4H3,(H,20,24)(H,21,22,23). The van der Waals surface area contributed by atoms with E-state index >= 15 is 0 Å². The summed E-state index contributed by atoms with van der Waals surface area (Å²) in [4.78, 5) is 20.8. The van der Waals surface area contributed by atoms with Gasteiger partial charge in [0.2, 0.25) is 0 Å². The molecule has 0 aliphatic heterocycles. The van der Waals surface area contributed by atoms with E-state index in [1.54, 1.807) is 13.0 Å². The van der Waals surface area contributed by atoms with Gasteiger partial charge in [-0.1, -0.05) is 32.9 Å². The van der Waals surface area contributed by atoms with Crippen LogP contribution in [0, 0.1) is 12.8 Å². The minimum atomic E-state index is -0.162. The van der Waals surface area contributed by atoms with E-state index in [4.69, 9.17) is 0 Å². The second kappa shape index (κ2) is 8.43. The zero-order valence-corrected chi connectivity index (χ0v) is 14.9. The third kappa shape index (κ3) is 5.33. The van der Waals surface area contributed by atoms with Crippen LogP contribution < -0.4 is 10.6 Å². The quantitative estimate of drug-likeness (QED) is 0.810. The molecule has 0 fully saturated rings. The van der Waals surface area contributed by atoms with Crippen LogP contribution in [0.5, 0.6) is 0 Å². The lowest BCUT2D eigenvalue weighted by atomic mass is 10.1. The Morgan fingerprint density at radius 3 is 2.50 bits per heavy atom. The monoisotopic (exact) mass is 326 g/mol. The minimum Gasteiger partial charge on any atom is -0.351 e. The zero-order valence-electron chi connectivity index (χ0n) is 14.9. The maximum Gasteiger partial charge on any atom is 0.270 e. The predicted octanol–water partition coefficient (Wildman–Crippen LogP) is 3.87. The molecule has 0 aliphatic carbocycles. The molecule has 24 heavy (non-hydrogen) atoms. The third-order valence-corrected chi connectivity index (χ3v) is 3.71. The number of rotatable bonds is 7. The number of nitrogens with one attached hydrogen (secondary N) is 2. The summed E-state index contributed by atoms with van der Waals surface area (Å²) in [7, 11) is 0. The van der Waals surface area contributed by atoms with E-state index in [0.717, 1.165) is 18.5 Å². The lowest BCUT2D eigenvalue weighted by molar-refractivity contribution is 0.0946. The fourth-order valence-electron chi connectivity index (χ4n) is 2.28. The van der Waals surface area contributed by atoms with Gasteiger partial charge in [-0.3, -0.25) is 4.79 Å². The second-order valence-corrected chi connectivity index (χ2v) is 6.30. The highest BCUT2D eigenvalue weighted by Gasteiger charge is 2.10. The molecular weight excluding hydrogens is 300 g/mol. The van der Waals surface area contributed by atoms with Crippen molar-refractivity contribution in [1.82, 2.24) is 15.3 Å². The van der Waals surface area contributed by atoms with Crippen LogP contribution in [-0.4, -0.2) is 22.4 Å². The number of aryl methyl sites for hydroxylation is 2. The van der Waals surface area contributed by atoms with Gasteiger partial charge >= 0.3 is 0 Å². The van der Waals surface area contributed by atoms with Crippen LogP contribution in [0.4, 0.5) is 11.5 Å². The normalized spacial score (nSPS) is 10.7. The minimum absolute atomic E-state index is 0.162. The van der Waals surface area contributed by atoms with E-state index in [0.29, 0.717) is 29.8 Å². The van der Waals surface area contributed by atoms with Crippen molar-refractivity contribution in [3.63, 3.8) is 0 Å². The molecule has 0 unspecified atom stereocenters. The summed E-state index contributed by atoms with van der Waals surface area (Å²) in [6.07, 6.45) is 1.96. The molecule has 0 saturated carbocycles. The summed E-state index contributed by atoms with van der Waals surface area (Å²) in [5.41, 5.74) is 2.61. The number of nitrogens with zero attached hydrogens (tertiary/aromatic N) is 2. The molecule has 0 atom stereocenters. The van der Waals surface area contributed by atoms with E-state index in [-0.39, 0.29) is 5.91 Å². The average Bonchev–Trinajstić information content (AvgIpc) is 2.54.